The van der Waals surface area contributed by atoms with Crippen LogP contribution in [0.4, 0.5) is 5.69 Å². The molecule has 0 aliphatic carbocycles. The van der Waals surface area contributed by atoms with Gasteiger partial charge in [-0.1, -0.05) is 36.4 Å². The van der Waals surface area contributed by atoms with Crippen molar-refractivity contribution in [1.29, 1.82) is 0 Å². The maximum atomic E-state index is 12.4. The Morgan fingerprint density at radius 2 is 1.88 bits per heavy atom. The highest BCUT2D eigenvalue weighted by atomic mass is 16.5. The number of rotatable bonds is 5. The summed E-state index contributed by atoms with van der Waals surface area (Å²) in [6.07, 6.45) is 1.48. The molecule has 0 aliphatic heterocycles. The summed E-state index contributed by atoms with van der Waals surface area (Å²) in [4.78, 5) is 26.3. The number of aromatic amines is 1. The molecular formula is C20H18N2O3. The van der Waals surface area contributed by atoms with Crippen LogP contribution in [0.25, 0.3) is 0 Å². The lowest BCUT2D eigenvalue weighted by molar-refractivity contribution is 0.102. The number of carbonyl (C=O) groups is 1. The Bertz CT molecular complexity index is 933. The first-order valence-electron chi connectivity index (χ1n) is 7.89. The number of pyridine rings is 1. The number of nitrogens with one attached hydrogen (secondary N) is 2. The van der Waals surface area contributed by atoms with E-state index in [2.05, 4.69) is 10.3 Å². The van der Waals surface area contributed by atoms with Gasteiger partial charge < -0.3 is 15.0 Å². The summed E-state index contributed by atoms with van der Waals surface area (Å²) < 4.78 is 5.74. The van der Waals surface area contributed by atoms with Crippen molar-refractivity contribution in [3.63, 3.8) is 0 Å². The van der Waals surface area contributed by atoms with Crippen molar-refractivity contribution in [3.05, 3.63) is 93.9 Å². The SMILES string of the molecule is Cc1cc(NC(=O)c2cccc(OCc3ccccc3)c2)c[nH]c1=O. The van der Waals surface area contributed by atoms with Crippen molar-refractivity contribution in [1.82, 2.24) is 4.98 Å². The highest BCUT2D eigenvalue weighted by Gasteiger charge is 2.08. The summed E-state index contributed by atoms with van der Waals surface area (Å²) in [6, 6.07) is 18.4. The van der Waals surface area contributed by atoms with Crippen molar-refractivity contribution >= 4 is 11.6 Å². The normalized spacial score (nSPS) is 10.3. The quantitative estimate of drug-likeness (QED) is 0.750. The summed E-state index contributed by atoms with van der Waals surface area (Å²) in [5, 5.41) is 2.76. The summed E-state index contributed by atoms with van der Waals surface area (Å²) in [5.41, 5.74) is 2.44. The fraction of sp³-hybridized carbons (Fsp3) is 0.100. The largest absolute Gasteiger partial charge is 0.489 e. The molecule has 0 spiro atoms. The number of benzene rings is 2. The Labute approximate surface area is 145 Å². The Morgan fingerprint density at radius 1 is 1.08 bits per heavy atom. The van der Waals surface area contributed by atoms with Gasteiger partial charge in [-0.25, -0.2) is 0 Å². The lowest BCUT2D eigenvalue weighted by atomic mass is 10.2. The van der Waals surface area contributed by atoms with E-state index in [9.17, 15) is 9.59 Å². The topological polar surface area (TPSA) is 71.2 Å². The van der Waals surface area contributed by atoms with Crippen LogP contribution in [0, 0.1) is 6.92 Å². The van der Waals surface area contributed by atoms with Crippen LogP contribution in [-0.4, -0.2) is 10.9 Å². The molecule has 0 saturated heterocycles. The van der Waals surface area contributed by atoms with Gasteiger partial charge in [0.05, 0.1) is 5.69 Å². The van der Waals surface area contributed by atoms with E-state index in [0.717, 1.165) is 5.56 Å². The van der Waals surface area contributed by atoms with E-state index in [4.69, 9.17) is 4.74 Å². The number of aromatic nitrogens is 1. The molecule has 0 aliphatic rings. The number of hydrogen-bond donors (Lipinski definition) is 2. The average molecular weight is 334 g/mol. The monoisotopic (exact) mass is 334 g/mol. The molecular weight excluding hydrogens is 316 g/mol. The summed E-state index contributed by atoms with van der Waals surface area (Å²) in [7, 11) is 0. The van der Waals surface area contributed by atoms with Crippen LogP contribution in [0.1, 0.15) is 21.5 Å². The van der Waals surface area contributed by atoms with Gasteiger partial charge in [-0.05, 0) is 36.8 Å². The third-order valence-corrected chi connectivity index (χ3v) is 3.69. The first kappa shape index (κ1) is 16.5. The molecule has 25 heavy (non-hydrogen) atoms. The number of H-pyrrole nitrogens is 1. The molecule has 3 aromatic rings. The van der Waals surface area contributed by atoms with Gasteiger partial charge >= 0.3 is 0 Å². The molecule has 5 heteroatoms. The van der Waals surface area contributed by atoms with Crippen LogP contribution < -0.4 is 15.6 Å². The molecule has 0 atom stereocenters. The third-order valence-electron chi connectivity index (χ3n) is 3.69. The van der Waals surface area contributed by atoms with Crippen LogP contribution in [0.15, 0.2) is 71.7 Å². The smallest absolute Gasteiger partial charge is 0.255 e. The van der Waals surface area contributed by atoms with E-state index in [-0.39, 0.29) is 11.5 Å². The van der Waals surface area contributed by atoms with E-state index in [1.165, 1.54) is 6.20 Å². The molecule has 0 bridgehead atoms. The zero-order valence-electron chi connectivity index (χ0n) is 13.8. The van der Waals surface area contributed by atoms with E-state index < -0.39 is 0 Å². The molecule has 0 fully saturated rings. The van der Waals surface area contributed by atoms with Crippen molar-refractivity contribution in [2.24, 2.45) is 0 Å². The van der Waals surface area contributed by atoms with Gasteiger partial charge in [0.2, 0.25) is 0 Å². The summed E-state index contributed by atoms with van der Waals surface area (Å²) in [5.74, 6) is 0.353. The molecule has 5 nitrogen and oxygen atoms in total. The number of ether oxygens (including phenoxy) is 1. The minimum absolute atomic E-state index is 0.172. The molecule has 0 unspecified atom stereocenters. The van der Waals surface area contributed by atoms with E-state index >= 15 is 0 Å². The Balaban J connectivity index is 1.68. The molecule has 1 aromatic heterocycles. The maximum Gasteiger partial charge on any atom is 0.255 e. The van der Waals surface area contributed by atoms with Crippen molar-refractivity contribution in [3.8, 4) is 5.75 Å². The van der Waals surface area contributed by atoms with Gasteiger partial charge in [-0.15, -0.1) is 0 Å². The number of amides is 1. The average Bonchev–Trinajstić information content (AvgIpc) is 2.64. The van der Waals surface area contributed by atoms with Crippen LogP contribution in [-0.2, 0) is 6.61 Å². The minimum atomic E-state index is -0.267. The Kier molecular flexibility index (Phi) is 4.95. The second kappa shape index (κ2) is 7.49. The van der Waals surface area contributed by atoms with Crippen molar-refractivity contribution < 1.29 is 9.53 Å². The Hall–Kier alpha value is -3.34. The predicted octanol–water partition coefficient (Wildman–Crippen LogP) is 3.51. The number of anilines is 1. The highest BCUT2D eigenvalue weighted by Crippen LogP contribution is 2.16. The molecule has 0 saturated carbocycles. The fourth-order valence-electron chi connectivity index (χ4n) is 2.34. The first-order valence-corrected chi connectivity index (χ1v) is 7.89. The molecule has 126 valence electrons. The number of aryl methyl sites for hydroxylation is 1. The van der Waals surface area contributed by atoms with Gasteiger partial charge in [0.1, 0.15) is 12.4 Å². The zero-order valence-corrected chi connectivity index (χ0v) is 13.8. The molecule has 1 amide bonds. The minimum Gasteiger partial charge on any atom is -0.489 e. The molecule has 1 heterocycles. The van der Waals surface area contributed by atoms with E-state index in [1.807, 2.05) is 36.4 Å². The fourth-order valence-corrected chi connectivity index (χ4v) is 2.34. The molecule has 0 radical (unpaired) electrons. The standard InChI is InChI=1S/C20H18N2O3/c1-14-10-17(12-21-19(14)23)22-20(24)16-8-5-9-18(11-16)25-13-15-6-3-2-4-7-15/h2-12H,13H2,1H3,(H,21,23)(H,22,24). The summed E-state index contributed by atoms with van der Waals surface area (Å²) in [6.45, 7) is 2.12. The zero-order chi connectivity index (χ0) is 17.6. The summed E-state index contributed by atoms with van der Waals surface area (Å²) >= 11 is 0. The van der Waals surface area contributed by atoms with Gasteiger partial charge in [0, 0.05) is 17.3 Å². The van der Waals surface area contributed by atoms with Crippen LogP contribution in [0.3, 0.4) is 0 Å². The lowest BCUT2D eigenvalue weighted by Gasteiger charge is -2.09. The third kappa shape index (κ3) is 4.35. The van der Waals surface area contributed by atoms with E-state index in [1.54, 1.807) is 31.2 Å². The second-order valence-electron chi connectivity index (χ2n) is 5.66. The van der Waals surface area contributed by atoms with Crippen LogP contribution in [0.5, 0.6) is 5.75 Å². The lowest BCUT2D eigenvalue weighted by Crippen LogP contribution is -2.15. The Morgan fingerprint density at radius 3 is 2.64 bits per heavy atom. The maximum absolute atomic E-state index is 12.4. The van der Waals surface area contributed by atoms with Gasteiger partial charge in [0.25, 0.3) is 11.5 Å². The highest BCUT2D eigenvalue weighted by molar-refractivity contribution is 6.04. The molecule has 3 rings (SSSR count). The molecule has 2 aromatic carbocycles. The van der Waals surface area contributed by atoms with Crippen LogP contribution >= 0.6 is 0 Å². The second-order valence-corrected chi connectivity index (χ2v) is 5.66. The van der Waals surface area contributed by atoms with Gasteiger partial charge in [-0.3, -0.25) is 9.59 Å². The van der Waals surface area contributed by atoms with E-state index in [0.29, 0.717) is 29.2 Å². The van der Waals surface area contributed by atoms with Gasteiger partial charge in [0.15, 0.2) is 0 Å². The van der Waals surface area contributed by atoms with Crippen molar-refractivity contribution in [2.45, 2.75) is 13.5 Å². The number of hydrogen-bond acceptors (Lipinski definition) is 3. The number of carbonyl (C=O) groups excluding carboxylic acids is 1. The first-order chi connectivity index (χ1) is 12.1. The van der Waals surface area contributed by atoms with Crippen LogP contribution in [0.2, 0.25) is 0 Å². The molecule has 2 N–H and O–H groups in total. The predicted molar refractivity (Wildman–Crippen MR) is 97.0 cm³/mol. The van der Waals surface area contributed by atoms with Crippen molar-refractivity contribution in [2.75, 3.05) is 5.32 Å². The van der Waals surface area contributed by atoms with Gasteiger partial charge in [-0.2, -0.15) is 0 Å².